The Hall–Kier alpha value is -1.87. The Morgan fingerprint density at radius 3 is 2.68 bits per heavy atom. The third kappa shape index (κ3) is 5.81. The molecule has 9 heteroatoms. The second-order valence-corrected chi connectivity index (χ2v) is 9.07. The molecular weight excluding hydrogens is 434 g/mol. The molecule has 0 aliphatic heterocycles. The lowest BCUT2D eigenvalue weighted by Gasteiger charge is -2.17. The van der Waals surface area contributed by atoms with Gasteiger partial charge in [0.05, 0.1) is 18.0 Å². The summed E-state index contributed by atoms with van der Waals surface area (Å²) in [4.78, 5) is 14.0. The van der Waals surface area contributed by atoms with Crippen molar-refractivity contribution in [3.8, 4) is 11.4 Å². The van der Waals surface area contributed by atoms with Gasteiger partial charge in [0.25, 0.3) is 0 Å². The van der Waals surface area contributed by atoms with E-state index in [1.807, 2.05) is 30.3 Å². The molecule has 0 aliphatic rings. The summed E-state index contributed by atoms with van der Waals surface area (Å²) in [6.45, 7) is 0.909. The largest absolute Gasteiger partial charge is 0.492 e. The molecule has 0 aliphatic carbocycles. The molecule has 0 N–H and O–H groups in total. The van der Waals surface area contributed by atoms with Crippen molar-refractivity contribution in [3.63, 3.8) is 0 Å². The molecule has 1 amide bonds. The van der Waals surface area contributed by atoms with Crippen molar-refractivity contribution in [1.82, 2.24) is 14.7 Å². The van der Waals surface area contributed by atoms with Gasteiger partial charge in [-0.05, 0) is 48.6 Å². The lowest BCUT2D eigenvalue weighted by atomic mass is 10.3. The van der Waals surface area contributed by atoms with E-state index in [-0.39, 0.29) is 5.91 Å². The Kier molecular flexibility index (Phi) is 7.50. The minimum Gasteiger partial charge on any atom is -0.492 e. The average molecular weight is 452 g/mol. The van der Waals surface area contributed by atoms with Crippen LogP contribution in [0.25, 0.3) is 5.69 Å². The maximum absolute atomic E-state index is 12.3. The molecule has 0 spiro atoms. The molecule has 1 heterocycles. The van der Waals surface area contributed by atoms with Crippen LogP contribution in [0.3, 0.4) is 0 Å². The minimum absolute atomic E-state index is 0.0112. The summed E-state index contributed by atoms with van der Waals surface area (Å²) >= 11 is 14.0. The van der Waals surface area contributed by atoms with Crippen LogP contribution in [-0.4, -0.2) is 46.5 Å². The number of halogens is 1. The number of rotatable bonds is 8. The highest BCUT2D eigenvalue weighted by molar-refractivity contribution is 8.01. The van der Waals surface area contributed by atoms with Gasteiger partial charge in [-0.3, -0.25) is 4.79 Å². The molecule has 5 nitrogen and oxygen atoms in total. The van der Waals surface area contributed by atoms with E-state index in [1.165, 1.54) is 23.1 Å². The summed E-state index contributed by atoms with van der Waals surface area (Å²) in [5.74, 6) is 1.04. The zero-order valence-electron chi connectivity index (χ0n) is 15.1. The molecule has 1 aromatic heterocycles. The third-order valence-corrected chi connectivity index (χ3v) is 6.39. The van der Waals surface area contributed by atoms with Crippen LogP contribution in [0.1, 0.15) is 0 Å². The normalized spacial score (nSPS) is 10.6. The van der Waals surface area contributed by atoms with Crippen LogP contribution in [0.4, 0.5) is 0 Å². The van der Waals surface area contributed by atoms with E-state index in [9.17, 15) is 4.79 Å². The van der Waals surface area contributed by atoms with Crippen LogP contribution in [0, 0.1) is 3.95 Å². The molecule has 0 radical (unpaired) electrons. The Morgan fingerprint density at radius 1 is 1.25 bits per heavy atom. The molecule has 0 saturated heterocycles. The predicted octanol–water partition coefficient (Wildman–Crippen LogP) is 4.95. The molecular formula is C19H18ClN3O2S3. The van der Waals surface area contributed by atoms with Crippen LogP contribution in [0.15, 0.2) is 58.9 Å². The van der Waals surface area contributed by atoms with Crippen molar-refractivity contribution < 1.29 is 9.53 Å². The highest BCUT2D eigenvalue weighted by Crippen LogP contribution is 2.24. The van der Waals surface area contributed by atoms with Gasteiger partial charge in [-0.25, -0.2) is 4.68 Å². The van der Waals surface area contributed by atoms with E-state index in [1.54, 1.807) is 40.9 Å². The number of aromatic nitrogens is 2. The maximum atomic E-state index is 12.3. The van der Waals surface area contributed by atoms with Crippen molar-refractivity contribution >= 4 is 52.8 Å². The van der Waals surface area contributed by atoms with E-state index in [0.29, 0.717) is 27.9 Å². The molecule has 28 heavy (non-hydrogen) atoms. The molecule has 0 atom stereocenters. The van der Waals surface area contributed by atoms with Gasteiger partial charge in [0.1, 0.15) is 12.4 Å². The topological polar surface area (TPSA) is 47.4 Å². The van der Waals surface area contributed by atoms with Gasteiger partial charge >= 0.3 is 0 Å². The molecule has 0 saturated carbocycles. The van der Waals surface area contributed by atoms with Crippen LogP contribution in [0.5, 0.6) is 5.75 Å². The Bertz CT molecular complexity index is 974. The second kappa shape index (κ2) is 10.1. The van der Waals surface area contributed by atoms with Crippen LogP contribution in [0.2, 0.25) is 5.02 Å². The first-order valence-corrected chi connectivity index (χ1v) is 11.0. The Balaban J connectivity index is 1.47. The number of carbonyl (C=O) groups excluding carboxylic acids is 1. The number of nitrogens with zero attached hydrogens (tertiary/aromatic N) is 3. The van der Waals surface area contributed by atoms with Crippen molar-refractivity contribution in [2.24, 2.45) is 0 Å². The van der Waals surface area contributed by atoms with Gasteiger partial charge in [0.15, 0.2) is 8.29 Å². The number of carbonyl (C=O) groups is 1. The highest BCUT2D eigenvalue weighted by Gasteiger charge is 2.12. The molecule has 2 aromatic carbocycles. The number of benzene rings is 2. The first-order chi connectivity index (χ1) is 13.5. The van der Waals surface area contributed by atoms with Gasteiger partial charge in [-0.15, -0.1) is 5.10 Å². The summed E-state index contributed by atoms with van der Waals surface area (Å²) in [7, 11) is 1.76. The number of thioether (sulfide) groups is 1. The van der Waals surface area contributed by atoms with Crippen molar-refractivity contribution in [2.75, 3.05) is 26.0 Å². The zero-order chi connectivity index (χ0) is 19.9. The van der Waals surface area contributed by atoms with Crippen LogP contribution >= 0.6 is 46.9 Å². The summed E-state index contributed by atoms with van der Waals surface area (Å²) in [6.07, 6.45) is 0. The van der Waals surface area contributed by atoms with E-state index < -0.39 is 0 Å². The lowest BCUT2D eigenvalue weighted by molar-refractivity contribution is -0.127. The maximum Gasteiger partial charge on any atom is 0.232 e. The smallest absolute Gasteiger partial charge is 0.232 e. The molecule has 0 bridgehead atoms. The van der Waals surface area contributed by atoms with Gasteiger partial charge in [0, 0.05) is 12.1 Å². The number of hydrogen-bond donors (Lipinski definition) is 0. The third-order valence-electron chi connectivity index (χ3n) is 3.78. The van der Waals surface area contributed by atoms with Gasteiger partial charge in [-0.1, -0.05) is 52.9 Å². The number of likely N-dealkylation sites (N-methyl/N-ethyl adjacent to an activating group) is 1. The predicted molar refractivity (Wildman–Crippen MR) is 118 cm³/mol. The van der Waals surface area contributed by atoms with E-state index in [4.69, 9.17) is 28.6 Å². The fourth-order valence-electron chi connectivity index (χ4n) is 2.24. The standard InChI is InChI=1S/C19H18ClN3O2S3/c1-22(11-12-25-16-9-7-14(20)8-10-16)17(24)13-27-18-21-23(19(26)28-18)15-5-3-2-4-6-15/h2-10H,11-13H2,1H3. The number of hydrogen-bond acceptors (Lipinski definition) is 6. The fourth-order valence-corrected chi connectivity index (χ4v) is 4.67. The number of ether oxygens (including phenoxy) is 1. The van der Waals surface area contributed by atoms with Crippen molar-refractivity contribution in [2.45, 2.75) is 4.34 Å². The summed E-state index contributed by atoms with van der Waals surface area (Å²) in [5.41, 5.74) is 0.915. The van der Waals surface area contributed by atoms with Gasteiger partial charge in [-0.2, -0.15) is 0 Å². The van der Waals surface area contributed by atoms with Crippen molar-refractivity contribution in [1.29, 1.82) is 0 Å². The second-order valence-electron chi connectivity index (χ2n) is 5.79. The zero-order valence-corrected chi connectivity index (χ0v) is 18.3. The minimum atomic E-state index is 0.0112. The summed E-state index contributed by atoms with van der Waals surface area (Å²) in [5, 5.41) is 5.17. The quantitative estimate of drug-likeness (QED) is 0.358. The van der Waals surface area contributed by atoms with Crippen LogP contribution < -0.4 is 4.74 Å². The molecule has 3 rings (SSSR count). The Morgan fingerprint density at radius 2 is 1.96 bits per heavy atom. The van der Waals surface area contributed by atoms with E-state index in [0.717, 1.165) is 15.8 Å². The summed E-state index contributed by atoms with van der Waals surface area (Å²) < 4.78 is 8.77. The molecule has 0 unspecified atom stereocenters. The SMILES string of the molecule is CN(CCOc1ccc(Cl)cc1)C(=O)CSc1nn(-c2ccccc2)c(=S)s1. The highest BCUT2D eigenvalue weighted by atomic mass is 35.5. The van der Waals surface area contributed by atoms with Gasteiger partial charge < -0.3 is 9.64 Å². The van der Waals surface area contributed by atoms with Crippen molar-refractivity contribution in [3.05, 3.63) is 63.6 Å². The average Bonchev–Trinajstić information content (AvgIpc) is 3.09. The number of amides is 1. The summed E-state index contributed by atoms with van der Waals surface area (Å²) in [6, 6.07) is 16.9. The number of para-hydroxylation sites is 1. The first-order valence-electron chi connectivity index (χ1n) is 8.43. The monoisotopic (exact) mass is 451 g/mol. The van der Waals surface area contributed by atoms with Crippen LogP contribution in [-0.2, 0) is 4.79 Å². The molecule has 0 fully saturated rings. The van der Waals surface area contributed by atoms with Gasteiger partial charge in [0.2, 0.25) is 5.91 Å². The first kappa shape index (κ1) is 20.9. The van der Waals surface area contributed by atoms with E-state index >= 15 is 0 Å². The Labute approximate surface area is 181 Å². The fraction of sp³-hybridized carbons (Fsp3) is 0.211. The van der Waals surface area contributed by atoms with E-state index in [2.05, 4.69) is 5.10 Å². The molecule has 3 aromatic rings. The lowest BCUT2D eigenvalue weighted by Crippen LogP contribution is -2.32. The molecule has 146 valence electrons.